The van der Waals surface area contributed by atoms with Gasteiger partial charge in [-0.25, -0.2) is 0 Å². The smallest absolute Gasteiger partial charge is 0.303 e. The van der Waals surface area contributed by atoms with Crippen molar-refractivity contribution >= 4 is 11.9 Å². The first-order chi connectivity index (χ1) is 9.08. The lowest BCUT2D eigenvalue weighted by Crippen LogP contribution is -2.34. The predicted octanol–water partition coefficient (Wildman–Crippen LogP) is 1.48. The first kappa shape index (κ1) is 16.0. The SMILES string of the molecule is CC(CNC(=O)CCCCC(=O)O)CN1CCCC1. The van der Waals surface area contributed by atoms with E-state index in [1.165, 1.54) is 25.9 Å². The summed E-state index contributed by atoms with van der Waals surface area (Å²) in [6.07, 6.45) is 4.40. The van der Waals surface area contributed by atoms with Crippen molar-refractivity contribution in [3.8, 4) is 0 Å². The zero-order valence-electron chi connectivity index (χ0n) is 11.9. The van der Waals surface area contributed by atoms with Gasteiger partial charge in [0.2, 0.25) is 5.91 Å². The van der Waals surface area contributed by atoms with Gasteiger partial charge in [0, 0.05) is 25.9 Å². The molecule has 5 heteroatoms. The van der Waals surface area contributed by atoms with Crippen molar-refractivity contribution in [1.82, 2.24) is 10.2 Å². The number of amides is 1. The summed E-state index contributed by atoms with van der Waals surface area (Å²) in [5.41, 5.74) is 0. The molecular formula is C14H26N2O3. The van der Waals surface area contributed by atoms with E-state index in [1.807, 2.05) is 0 Å². The lowest BCUT2D eigenvalue weighted by molar-refractivity contribution is -0.137. The maximum atomic E-state index is 11.6. The van der Waals surface area contributed by atoms with Gasteiger partial charge >= 0.3 is 5.97 Å². The monoisotopic (exact) mass is 270 g/mol. The summed E-state index contributed by atoms with van der Waals surface area (Å²) < 4.78 is 0. The first-order valence-corrected chi connectivity index (χ1v) is 7.29. The third-order valence-electron chi connectivity index (χ3n) is 3.46. The van der Waals surface area contributed by atoms with Crippen LogP contribution in [0.3, 0.4) is 0 Å². The number of unbranched alkanes of at least 4 members (excludes halogenated alkanes) is 1. The molecule has 1 fully saturated rings. The van der Waals surface area contributed by atoms with Gasteiger partial charge in [-0.15, -0.1) is 0 Å². The predicted molar refractivity (Wildman–Crippen MR) is 74.0 cm³/mol. The number of carboxylic acid groups (broad SMARTS) is 1. The van der Waals surface area contributed by atoms with Gasteiger partial charge in [-0.2, -0.15) is 0 Å². The number of likely N-dealkylation sites (tertiary alicyclic amines) is 1. The summed E-state index contributed by atoms with van der Waals surface area (Å²) in [6.45, 7) is 6.30. The van der Waals surface area contributed by atoms with Gasteiger partial charge in [-0.05, 0) is 44.7 Å². The number of hydrogen-bond acceptors (Lipinski definition) is 3. The molecular weight excluding hydrogens is 244 g/mol. The lowest BCUT2D eigenvalue weighted by Gasteiger charge is -2.20. The second-order valence-corrected chi connectivity index (χ2v) is 5.52. The number of hydrogen-bond donors (Lipinski definition) is 2. The highest BCUT2D eigenvalue weighted by molar-refractivity contribution is 5.75. The molecule has 1 unspecified atom stereocenters. The van der Waals surface area contributed by atoms with Crippen LogP contribution in [0.2, 0.25) is 0 Å². The second kappa shape index (κ2) is 8.91. The van der Waals surface area contributed by atoms with Crippen molar-refractivity contribution in [2.75, 3.05) is 26.2 Å². The lowest BCUT2D eigenvalue weighted by atomic mass is 10.1. The summed E-state index contributed by atoms with van der Waals surface area (Å²) in [5, 5.41) is 11.4. The highest BCUT2D eigenvalue weighted by atomic mass is 16.4. The Hall–Kier alpha value is -1.10. The highest BCUT2D eigenvalue weighted by Gasteiger charge is 2.14. The van der Waals surface area contributed by atoms with Gasteiger partial charge in [0.05, 0.1) is 0 Å². The van der Waals surface area contributed by atoms with Gasteiger partial charge < -0.3 is 15.3 Å². The molecule has 0 radical (unpaired) electrons. The molecule has 0 aromatic carbocycles. The molecule has 0 aromatic rings. The summed E-state index contributed by atoms with van der Waals surface area (Å²) in [6, 6.07) is 0. The van der Waals surface area contributed by atoms with E-state index in [0.717, 1.165) is 6.54 Å². The van der Waals surface area contributed by atoms with Crippen molar-refractivity contribution in [2.24, 2.45) is 5.92 Å². The fourth-order valence-corrected chi connectivity index (χ4v) is 2.41. The number of carboxylic acids is 1. The van der Waals surface area contributed by atoms with E-state index in [1.54, 1.807) is 0 Å². The molecule has 0 aromatic heterocycles. The number of aliphatic carboxylic acids is 1. The molecule has 1 heterocycles. The molecule has 0 saturated carbocycles. The Kier molecular flexibility index (Phi) is 7.48. The van der Waals surface area contributed by atoms with E-state index in [0.29, 0.717) is 31.7 Å². The van der Waals surface area contributed by atoms with Crippen LogP contribution in [0.15, 0.2) is 0 Å². The molecule has 0 bridgehead atoms. The fraction of sp³-hybridized carbons (Fsp3) is 0.857. The quantitative estimate of drug-likeness (QED) is 0.623. The molecule has 0 spiro atoms. The molecule has 5 nitrogen and oxygen atoms in total. The molecule has 110 valence electrons. The van der Waals surface area contributed by atoms with Crippen molar-refractivity contribution in [1.29, 1.82) is 0 Å². The minimum Gasteiger partial charge on any atom is -0.481 e. The molecule has 0 aliphatic carbocycles. The van der Waals surface area contributed by atoms with Crippen LogP contribution in [-0.2, 0) is 9.59 Å². The number of rotatable bonds is 9. The van der Waals surface area contributed by atoms with Gasteiger partial charge in [0.15, 0.2) is 0 Å². The molecule has 1 amide bonds. The second-order valence-electron chi connectivity index (χ2n) is 5.52. The molecule has 1 rings (SSSR count). The van der Waals surface area contributed by atoms with Crippen LogP contribution in [-0.4, -0.2) is 48.1 Å². The van der Waals surface area contributed by atoms with Gasteiger partial charge in [-0.1, -0.05) is 6.92 Å². The Bertz CT molecular complexity index is 288. The number of carbonyl (C=O) groups excluding carboxylic acids is 1. The Labute approximate surface area is 115 Å². The average molecular weight is 270 g/mol. The molecule has 2 N–H and O–H groups in total. The van der Waals surface area contributed by atoms with E-state index in [2.05, 4.69) is 17.1 Å². The maximum absolute atomic E-state index is 11.6. The van der Waals surface area contributed by atoms with E-state index >= 15 is 0 Å². The summed E-state index contributed by atoms with van der Waals surface area (Å²) in [7, 11) is 0. The van der Waals surface area contributed by atoms with Crippen molar-refractivity contribution in [3.05, 3.63) is 0 Å². The Morgan fingerprint density at radius 2 is 1.84 bits per heavy atom. The maximum Gasteiger partial charge on any atom is 0.303 e. The summed E-state index contributed by atoms with van der Waals surface area (Å²) in [4.78, 5) is 24.3. The van der Waals surface area contributed by atoms with Crippen molar-refractivity contribution in [2.45, 2.75) is 45.4 Å². The standard InChI is InChI=1S/C14H26N2O3/c1-12(11-16-8-4-5-9-16)10-15-13(17)6-2-3-7-14(18)19/h12H,2-11H2,1H3,(H,15,17)(H,18,19). The fourth-order valence-electron chi connectivity index (χ4n) is 2.41. The molecule has 1 aliphatic heterocycles. The van der Waals surface area contributed by atoms with Crippen LogP contribution in [0.5, 0.6) is 0 Å². The third kappa shape index (κ3) is 7.82. The third-order valence-corrected chi connectivity index (χ3v) is 3.46. The van der Waals surface area contributed by atoms with Gasteiger partial charge in [-0.3, -0.25) is 9.59 Å². The summed E-state index contributed by atoms with van der Waals surface area (Å²) >= 11 is 0. The van der Waals surface area contributed by atoms with E-state index in [9.17, 15) is 9.59 Å². The van der Waals surface area contributed by atoms with Crippen LogP contribution in [0.25, 0.3) is 0 Å². The van der Waals surface area contributed by atoms with Gasteiger partial charge in [0.1, 0.15) is 0 Å². The minimum atomic E-state index is -0.792. The molecule has 19 heavy (non-hydrogen) atoms. The van der Waals surface area contributed by atoms with Crippen LogP contribution in [0, 0.1) is 5.92 Å². The van der Waals surface area contributed by atoms with Crippen LogP contribution >= 0.6 is 0 Å². The molecule has 1 atom stereocenters. The highest BCUT2D eigenvalue weighted by Crippen LogP contribution is 2.09. The van der Waals surface area contributed by atoms with E-state index < -0.39 is 5.97 Å². The van der Waals surface area contributed by atoms with E-state index in [4.69, 9.17) is 5.11 Å². The normalized spacial score (nSPS) is 17.3. The summed E-state index contributed by atoms with van der Waals surface area (Å²) in [5.74, 6) is -0.278. The largest absolute Gasteiger partial charge is 0.481 e. The Morgan fingerprint density at radius 3 is 2.47 bits per heavy atom. The number of carbonyl (C=O) groups is 2. The van der Waals surface area contributed by atoms with Crippen LogP contribution < -0.4 is 5.32 Å². The zero-order chi connectivity index (χ0) is 14.1. The average Bonchev–Trinajstić information content (AvgIpc) is 2.84. The molecule has 1 aliphatic rings. The number of nitrogens with zero attached hydrogens (tertiary/aromatic N) is 1. The topological polar surface area (TPSA) is 69.6 Å². The van der Waals surface area contributed by atoms with Crippen LogP contribution in [0.1, 0.15) is 45.4 Å². The minimum absolute atomic E-state index is 0.0404. The molecule has 1 saturated heterocycles. The number of nitrogens with one attached hydrogen (secondary N) is 1. The van der Waals surface area contributed by atoms with Crippen LogP contribution in [0.4, 0.5) is 0 Å². The van der Waals surface area contributed by atoms with Crippen molar-refractivity contribution in [3.63, 3.8) is 0 Å². The Morgan fingerprint density at radius 1 is 1.21 bits per heavy atom. The van der Waals surface area contributed by atoms with Gasteiger partial charge in [0.25, 0.3) is 0 Å². The Balaban J connectivity index is 2.00. The first-order valence-electron chi connectivity index (χ1n) is 7.29. The van der Waals surface area contributed by atoms with Crippen molar-refractivity contribution < 1.29 is 14.7 Å². The zero-order valence-corrected chi connectivity index (χ0v) is 11.9. The van der Waals surface area contributed by atoms with E-state index in [-0.39, 0.29) is 12.3 Å².